The van der Waals surface area contributed by atoms with Gasteiger partial charge in [-0.1, -0.05) is 0 Å². The number of rotatable bonds is 5. The Morgan fingerprint density at radius 2 is 1.75 bits per heavy atom. The second-order valence-electron chi connectivity index (χ2n) is 5.73. The third-order valence-corrected chi connectivity index (χ3v) is 3.42. The molecule has 16 heavy (non-hydrogen) atoms. The lowest BCUT2D eigenvalue weighted by Crippen LogP contribution is -2.49. The monoisotopic (exact) mass is 227 g/mol. The molecule has 0 aliphatic carbocycles. The minimum absolute atomic E-state index is 0.602. The summed E-state index contributed by atoms with van der Waals surface area (Å²) in [4.78, 5) is 4.83. The topological polar surface area (TPSA) is 18.5 Å². The first-order valence-corrected chi connectivity index (χ1v) is 6.64. The molecule has 1 aliphatic rings. The molecule has 1 aliphatic heterocycles. The lowest BCUT2D eigenvalue weighted by atomic mass is 10.0. The van der Waals surface area contributed by atoms with Crippen LogP contribution in [-0.4, -0.2) is 61.7 Å². The zero-order valence-electron chi connectivity index (χ0n) is 11.7. The Kier molecular flexibility index (Phi) is 5.73. The molecule has 1 unspecified atom stereocenters. The van der Waals surface area contributed by atoms with Gasteiger partial charge in [-0.05, 0) is 60.8 Å². The first kappa shape index (κ1) is 13.9. The summed E-state index contributed by atoms with van der Waals surface area (Å²) in [6.45, 7) is 10.5. The molecule has 1 N–H and O–H groups in total. The lowest BCUT2D eigenvalue weighted by Gasteiger charge is -2.36. The van der Waals surface area contributed by atoms with E-state index in [1.807, 2.05) is 0 Å². The van der Waals surface area contributed by atoms with E-state index in [1.165, 1.54) is 25.9 Å². The van der Waals surface area contributed by atoms with Crippen molar-refractivity contribution >= 4 is 0 Å². The quantitative estimate of drug-likeness (QED) is 0.766. The van der Waals surface area contributed by atoms with Crippen LogP contribution in [0.5, 0.6) is 0 Å². The smallest absolute Gasteiger partial charge is 0.0169 e. The maximum Gasteiger partial charge on any atom is 0.0169 e. The van der Waals surface area contributed by atoms with Crippen LogP contribution in [0.25, 0.3) is 0 Å². The van der Waals surface area contributed by atoms with E-state index in [0.29, 0.717) is 12.1 Å². The largest absolute Gasteiger partial charge is 0.310 e. The highest BCUT2D eigenvalue weighted by Crippen LogP contribution is 2.13. The van der Waals surface area contributed by atoms with Crippen LogP contribution in [0.2, 0.25) is 0 Å². The third-order valence-electron chi connectivity index (χ3n) is 3.42. The average Bonchev–Trinajstić information content (AvgIpc) is 2.16. The molecule has 1 fully saturated rings. The molecular weight excluding hydrogens is 198 g/mol. The van der Waals surface area contributed by atoms with E-state index in [1.54, 1.807) is 0 Å². The fourth-order valence-corrected chi connectivity index (χ4v) is 2.59. The maximum absolute atomic E-state index is 3.74. The number of likely N-dealkylation sites (N-methyl/N-ethyl adjacent to an activating group) is 1. The summed E-state index contributed by atoms with van der Waals surface area (Å²) >= 11 is 0. The lowest BCUT2D eigenvalue weighted by molar-refractivity contribution is 0.154. The molecule has 0 bridgehead atoms. The van der Waals surface area contributed by atoms with E-state index < -0.39 is 0 Å². The van der Waals surface area contributed by atoms with Crippen LogP contribution in [0.15, 0.2) is 0 Å². The first-order chi connectivity index (χ1) is 7.49. The normalized spacial score (nSPS) is 21.9. The Hall–Kier alpha value is -0.120. The van der Waals surface area contributed by atoms with E-state index in [-0.39, 0.29) is 0 Å². The average molecular weight is 227 g/mol. The van der Waals surface area contributed by atoms with E-state index in [9.17, 15) is 0 Å². The Bertz CT molecular complexity index is 184. The van der Waals surface area contributed by atoms with Crippen molar-refractivity contribution in [2.45, 2.75) is 51.7 Å². The Balaban J connectivity index is 2.21. The van der Waals surface area contributed by atoms with Crippen LogP contribution >= 0.6 is 0 Å². The summed E-state index contributed by atoms with van der Waals surface area (Å²) in [6, 6.07) is 2.04. The number of nitrogens with one attached hydrogen (secondary N) is 1. The standard InChI is InChI=1S/C13H29N3/c1-11(2)16-8-6-13(7-9-16)14-12(3)10-15(4)5/h11-14H,6-10H2,1-5H3. The van der Waals surface area contributed by atoms with Gasteiger partial charge in [-0.3, -0.25) is 0 Å². The predicted molar refractivity (Wildman–Crippen MR) is 70.9 cm³/mol. The molecule has 0 amide bonds. The second kappa shape index (κ2) is 6.58. The number of nitrogens with zero attached hydrogens (tertiary/aromatic N) is 2. The number of hydrogen-bond acceptors (Lipinski definition) is 3. The summed E-state index contributed by atoms with van der Waals surface area (Å²) in [7, 11) is 4.28. The Labute approximate surface area is 101 Å². The zero-order chi connectivity index (χ0) is 12.1. The number of hydrogen-bond donors (Lipinski definition) is 1. The van der Waals surface area contributed by atoms with Gasteiger partial charge in [0.2, 0.25) is 0 Å². The highest BCUT2D eigenvalue weighted by Gasteiger charge is 2.21. The molecule has 1 rings (SSSR count). The van der Waals surface area contributed by atoms with Crippen molar-refractivity contribution in [1.82, 2.24) is 15.1 Å². The van der Waals surface area contributed by atoms with Crippen LogP contribution in [0.4, 0.5) is 0 Å². The van der Waals surface area contributed by atoms with Crippen LogP contribution < -0.4 is 5.32 Å². The van der Waals surface area contributed by atoms with Gasteiger partial charge in [0.05, 0.1) is 0 Å². The molecule has 1 heterocycles. The van der Waals surface area contributed by atoms with E-state index in [4.69, 9.17) is 0 Å². The molecular formula is C13H29N3. The molecule has 0 aromatic rings. The van der Waals surface area contributed by atoms with Gasteiger partial charge in [0, 0.05) is 24.7 Å². The van der Waals surface area contributed by atoms with Crippen molar-refractivity contribution in [3.8, 4) is 0 Å². The van der Waals surface area contributed by atoms with Gasteiger partial charge < -0.3 is 15.1 Å². The van der Waals surface area contributed by atoms with Crippen LogP contribution in [0.3, 0.4) is 0 Å². The van der Waals surface area contributed by atoms with Crippen molar-refractivity contribution in [1.29, 1.82) is 0 Å². The Morgan fingerprint density at radius 1 is 1.19 bits per heavy atom. The SMILES string of the molecule is CC(CN(C)C)NC1CCN(C(C)C)CC1. The maximum atomic E-state index is 3.74. The molecule has 1 atom stereocenters. The molecule has 0 aromatic carbocycles. The molecule has 96 valence electrons. The van der Waals surface area contributed by atoms with E-state index in [0.717, 1.165) is 12.6 Å². The van der Waals surface area contributed by atoms with E-state index in [2.05, 4.69) is 50.0 Å². The molecule has 3 heteroatoms. The predicted octanol–water partition coefficient (Wildman–Crippen LogP) is 1.40. The summed E-state index contributed by atoms with van der Waals surface area (Å²) < 4.78 is 0. The van der Waals surface area contributed by atoms with Crippen molar-refractivity contribution in [3.63, 3.8) is 0 Å². The van der Waals surface area contributed by atoms with Crippen LogP contribution in [0.1, 0.15) is 33.6 Å². The minimum atomic E-state index is 0.602. The molecule has 0 aromatic heterocycles. The summed E-state index contributed by atoms with van der Waals surface area (Å²) in [5, 5.41) is 3.74. The van der Waals surface area contributed by atoms with Gasteiger partial charge in [-0.2, -0.15) is 0 Å². The van der Waals surface area contributed by atoms with Crippen molar-refractivity contribution < 1.29 is 0 Å². The van der Waals surface area contributed by atoms with Gasteiger partial charge in [-0.25, -0.2) is 0 Å². The third kappa shape index (κ3) is 4.81. The van der Waals surface area contributed by atoms with Crippen molar-refractivity contribution in [3.05, 3.63) is 0 Å². The minimum Gasteiger partial charge on any atom is -0.310 e. The molecule has 0 saturated carbocycles. The first-order valence-electron chi connectivity index (χ1n) is 6.64. The Morgan fingerprint density at radius 3 is 2.19 bits per heavy atom. The van der Waals surface area contributed by atoms with Gasteiger partial charge in [-0.15, -0.1) is 0 Å². The summed E-state index contributed by atoms with van der Waals surface area (Å²) in [6.07, 6.45) is 2.60. The van der Waals surface area contributed by atoms with Gasteiger partial charge in [0.1, 0.15) is 0 Å². The van der Waals surface area contributed by atoms with Crippen molar-refractivity contribution in [2.24, 2.45) is 0 Å². The summed E-state index contributed by atoms with van der Waals surface area (Å²) in [5.74, 6) is 0. The van der Waals surface area contributed by atoms with Gasteiger partial charge in [0.25, 0.3) is 0 Å². The van der Waals surface area contributed by atoms with E-state index >= 15 is 0 Å². The molecule has 0 spiro atoms. The van der Waals surface area contributed by atoms with Gasteiger partial charge in [0.15, 0.2) is 0 Å². The highest BCUT2D eigenvalue weighted by molar-refractivity contribution is 4.81. The van der Waals surface area contributed by atoms with Crippen molar-refractivity contribution in [2.75, 3.05) is 33.7 Å². The zero-order valence-corrected chi connectivity index (χ0v) is 11.7. The number of likely N-dealkylation sites (tertiary alicyclic amines) is 1. The van der Waals surface area contributed by atoms with Gasteiger partial charge >= 0.3 is 0 Å². The molecule has 0 radical (unpaired) electrons. The highest BCUT2D eigenvalue weighted by atomic mass is 15.2. The fraction of sp³-hybridized carbons (Fsp3) is 1.00. The fourth-order valence-electron chi connectivity index (χ4n) is 2.59. The summed E-state index contributed by atoms with van der Waals surface area (Å²) in [5.41, 5.74) is 0. The second-order valence-corrected chi connectivity index (χ2v) is 5.73. The van der Waals surface area contributed by atoms with Crippen LogP contribution in [0, 0.1) is 0 Å². The number of piperidine rings is 1. The van der Waals surface area contributed by atoms with Crippen LogP contribution in [-0.2, 0) is 0 Å². The molecule has 3 nitrogen and oxygen atoms in total. The molecule has 1 saturated heterocycles.